The van der Waals surface area contributed by atoms with Gasteiger partial charge in [0, 0.05) is 29.0 Å². The minimum Gasteiger partial charge on any atom is -0.506 e. The third kappa shape index (κ3) is 4.15. The highest BCUT2D eigenvalue weighted by molar-refractivity contribution is 6.36. The zero-order valence-electron chi connectivity index (χ0n) is 13.0. The van der Waals surface area contributed by atoms with E-state index in [2.05, 4.69) is 21.6 Å². The summed E-state index contributed by atoms with van der Waals surface area (Å²) in [5.41, 5.74) is 4.80. The lowest BCUT2D eigenvalue weighted by Gasteiger charge is -2.09. The zero-order chi connectivity index (χ0) is 17.7. The number of aryl methyl sites for hydroxylation is 1. The molecule has 0 amide bonds. The van der Waals surface area contributed by atoms with Crippen LogP contribution < -0.4 is 5.43 Å². The van der Waals surface area contributed by atoms with Gasteiger partial charge in [-0.2, -0.15) is 10.4 Å². The van der Waals surface area contributed by atoms with Crippen molar-refractivity contribution in [3.63, 3.8) is 0 Å². The molecule has 0 saturated carbocycles. The molecule has 0 saturated heterocycles. The second kappa shape index (κ2) is 7.97. The Labute approximate surface area is 149 Å². The molecule has 0 aliphatic rings. The van der Waals surface area contributed by atoms with Crippen molar-refractivity contribution >= 4 is 35.2 Å². The summed E-state index contributed by atoms with van der Waals surface area (Å²) < 4.78 is 5.09. The number of rotatable bonds is 5. The predicted molar refractivity (Wildman–Crippen MR) is 93.7 cm³/mol. The van der Waals surface area contributed by atoms with Gasteiger partial charge in [-0.3, -0.25) is 5.43 Å². The van der Waals surface area contributed by atoms with Crippen molar-refractivity contribution in [3.8, 4) is 11.8 Å². The Morgan fingerprint density at radius 2 is 2.17 bits per heavy atom. The van der Waals surface area contributed by atoms with Crippen LogP contribution in [0.4, 0.5) is 5.82 Å². The lowest BCUT2D eigenvalue weighted by molar-refractivity contribution is 0.184. The van der Waals surface area contributed by atoms with E-state index in [4.69, 9.17) is 27.9 Å². The number of phenolic OH excluding ortho intramolecular Hbond substituents is 1. The minimum absolute atomic E-state index is 0.123. The number of pyridine rings is 1. The number of methoxy groups -OCH3 is 1. The third-order valence-electron chi connectivity index (χ3n) is 3.07. The highest BCUT2D eigenvalue weighted by atomic mass is 35.5. The fourth-order valence-corrected chi connectivity index (χ4v) is 2.57. The number of nitrogens with zero attached hydrogens (tertiary/aromatic N) is 3. The normalized spacial score (nSPS) is 10.8. The van der Waals surface area contributed by atoms with Gasteiger partial charge in [0.05, 0.1) is 17.8 Å². The van der Waals surface area contributed by atoms with E-state index in [9.17, 15) is 10.4 Å². The Balaban J connectivity index is 2.31. The van der Waals surface area contributed by atoms with Crippen LogP contribution in [0.15, 0.2) is 23.3 Å². The maximum atomic E-state index is 9.88. The summed E-state index contributed by atoms with van der Waals surface area (Å²) in [5.74, 6) is 0.165. The van der Waals surface area contributed by atoms with E-state index in [-0.39, 0.29) is 17.4 Å². The quantitative estimate of drug-likeness (QED) is 0.620. The molecule has 1 aromatic heterocycles. The van der Waals surface area contributed by atoms with Crippen LogP contribution in [0.5, 0.6) is 5.75 Å². The van der Waals surface area contributed by atoms with Gasteiger partial charge in [0.1, 0.15) is 17.4 Å². The van der Waals surface area contributed by atoms with Crippen molar-refractivity contribution in [2.75, 3.05) is 12.5 Å². The van der Waals surface area contributed by atoms with Crippen LogP contribution in [0, 0.1) is 18.3 Å². The van der Waals surface area contributed by atoms with Gasteiger partial charge in [-0.1, -0.05) is 23.2 Å². The molecule has 6 nitrogen and oxygen atoms in total. The summed E-state index contributed by atoms with van der Waals surface area (Å²) >= 11 is 11.7. The van der Waals surface area contributed by atoms with Gasteiger partial charge in [0.25, 0.3) is 0 Å². The predicted octanol–water partition coefficient (Wildman–Crippen LogP) is 3.87. The number of ether oxygens (including phenoxy) is 1. The number of hydrazone groups is 1. The zero-order valence-corrected chi connectivity index (χ0v) is 14.5. The van der Waals surface area contributed by atoms with Crippen LogP contribution in [-0.2, 0) is 11.3 Å². The van der Waals surface area contributed by atoms with Crippen LogP contribution in [0.3, 0.4) is 0 Å². The molecule has 0 unspecified atom stereocenters. The Kier molecular flexibility index (Phi) is 5.99. The van der Waals surface area contributed by atoms with Gasteiger partial charge in [0.15, 0.2) is 5.82 Å². The first-order valence-electron chi connectivity index (χ1n) is 6.83. The average Bonchev–Trinajstić information content (AvgIpc) is 2.52. The summed E-state index contributed by atoms with van der Waals surface area (Å²) in [5, 5.41) is 23.7. The second-order valence-electron chi connectivity index (χ2n) is 4.89. The van der Waals surface area contributed by atoms with Crippen LogP contribution >= 0.6 is 23.2 Å². The fraction of sp³-hybridized carbons (Fsp3) is 0.188. The van der Waals surface area contributed by atoms with Gasteiger partial charge in [-0.25, -0.2) is 4.98 Å². The van der Waals surface area contributed by atoms with Crippen LogP contribution in [-0.4, -0.2) is 23.4 Å². The van der Waals surface area contributed by atoms with Gasteiger partial charge in [-0.15, -0.1) is 0 Å². The second-order valence-corrected chi connectivity index (χ2v) is 5.73. The molecule has 0 spiro atoms. The number of nitrogens with one attached hydrogen (secondary N) is 1. The molecule has 0 atom stereocenters. The fourth-order valence-electron chi connectivity index (χ4n) is 2.06. The van der Waals surface area contributed by atoms with Crippen LogP contribution in [0.2, 0.25) is 10.0 Å². The summed E-state index contributed by atoms with van der Waals surface area (Å²) in [4.78, 5) is 4.26. The van der Waals surface area contributed by atoms with Crippen LogP contribution in [0.1, 0.15) is 22.4 Å². The van der Waals surface area contributed by atoms with Crippen LogP contribution in [0.25, 0.3) is 0 Å². The summed E-state index contributed by atoms with van der Waals surface area (Å²) in [6, 6.07) is 6.80. The number of hydrogen-bond acceptors (Lipinski definition) is 6. The molecule has 1 heterocycles. The van der Waals surface area contributed by atoms with E-state index < -0.39 is 0 Å². The molecule has 1 aromatic carbocycles. The van der Waals surface area contributed by atoms with Crippen molar-refractivity contribution in [2.24, 2.45) is 5.10 Å². The van der Waals surface area contributed by atoms with Gasteiger partial charge < -0.3 is 9.84 Å². The van der Waals surface area contributed by atoms with Gasteiger partial charge in [0.2, 0.25) is 0 Å². The number of hydrogen-bond donors (Lipinski definition) is 2. The molecule has 2 aromatic rings. The largest absolute Gasteiger partial charge is 0.506 e. The standard InChI is InChI=1S/C16H14Cl2N4O2/c1-9-3-11(8-24-2)13(6-19)16(21-9)22-20-7-10-4-12(17)5-14(18)15(10)23/h3-5,7,23H,8H2,1-2H3,(H,21,22)/b20-7+. The first-order chi connectivity index (χ1) is 11.5. The van der Waals surface area contributed by atoms with E-state index in [0.29, 0.717) is 33.2 Å². The summed E-state index contributed by atoms with van der Waals surface area (Å²) in [6.07, 6.45) is 1.34. The Morgan fingerprint density at radius 1 is 1.42 bits per heavy atom. The number of phenols is 1. The van der Waals surface area contributed by atoms with E-state index in [1.165, 1.54) is 18.3 Å². The van der Waals surface area contributed by atoms with E-state index in [1.807, 2.05) is 0 Å². The van der Waals surface area contributed by atoms with E-state index >= 15 is 0 Å². The Bertz CT molecular complexity index is 832. The maximum absolute atomic E-state index is 9.88. The molecular weight excluding hydrogens is 351 g/mol. The number of benzene rings is 1. The van der Waals surface area contributed by atoms with Crippen molar-refractivity contribution in [2.45, 2.75) is 13.5 Å². The summed E-state index contributed by atoms with van der Waals surface area (Å²) in [6.45, 7) is 2.09. The van der Waals surface area contributed by atoms with Crippen molar-refractivity contribution in [3.05, 3.63) is 50.6 Å². The van der Waals surface area contributed by atoms with Gasteiger partial charge in [-0.05, 0) is 25.1 Å². The number of halogens is 2. The van der Waals surface area contributed by atoms with E-state index in [0.717, 1.165) is 0 Å². The highest BCUT2D eigenvalue weighted by Gasteiger charge is 2.11. The molecule has 0 radical (unpaired) electrons. The van der Waals surface area contributed by atoms with Crippen molar-refractivity contribution < 1.29 is 9.84 Å². The highest BCUT2D eigenvalue weighted by Crippen LogP contribution is 2.30. The minimum atomic E-state index is -0.135. The SMILES string of the molecule is COCc1cc(C)nc(N/N=C/c2cc(Cl)cc(Cl)c2O)c1C#N. The first-order valence-corrected chi connectivity index (χ1v) is 7.58. The number of nitriles is 1. The first kappa shape index (κ1) is 18.0. The third-order valence-corrected chi connectivity index (χ3v) is 3.58. The Hall–Kier alpha value is -2.33. The van der Waals surface area contributed by atoms with Crippen molar-refractivity contribution in [1.29, 1.82) is 5.26 Å². The molecule has 24 heavy (non-hydrogen) atoms. The molecular formula is C16H14Cl2N4O2. The van der Waals surface area contributed by atoms with Gasteiger partial charge >= 0.3 is 0 Å². The molecule has 0 aliphatic carbocycles. The molecule has 124 valence electrons. The number of aromatic nitrogens is 1. The molecule has 2 rings (SSSR count). The molecule has 0 aliphatic heterocycles. The monoisotopic (exact) mass is 364 g/mol. The number of anilines is 1. The van der Waals surface area contributed by atoms with Crippen molar-refractivity contribution in [1.82, 2.24) is 4.98 Å². The number of aromatic hydroxyl groups is 1. The Morgan fingerprint density at radius 3 is 2.83 bits per heavy atom. The molecule has 8 heteroatoms. The van der Waals surface area contributed by atoms with E-state index in [1.54, 1.807) is 20.1 Å². The smallest absolute Gasteiger partial charge is 0.164 e. The molecule has 2 N–H and O–H groups in total. The maximum Gasteiger partial charge on any atom is 0.164 e. The lowest BCUT2D eigenvalue weighted by atomic mass is 10.1. The molecule has 0 bridgehead atoms. The topological polar surface area (TPSA) is 90.5 Å². The summed E-state index contributed by atoms with van der Waals surface area (Å²) in [7, 11) is 1.55. The molecule has 0 fully saturated rings. The average molecular weight is 365 g/mol. The lowest BCUT2D eigenvalue weighted by Crippen LogP contribution is -2.03.